The predicted octanol–water partition coefficient (Wildman–Crippen LogP) is 4.21. The normalized spacial score (nSPS) is 22.4. The van der Waals surface area contributed by atoms with Crippen molar-refractivity contribution in [1.82, 2.24) is 5.32 Å². The average Bonchev–Trinajstić information content (AvgIpc) is 2.80. The van der Waals surface area contributed by atoms with Gasteiger partial charge in [0.2, 0.25) is 5.91 Å². The van der Waals surface area contributed by atoms with Crippen LogP contribution in [-0.4, -0.2) is 25.8 Å². The summed E-state index contributed by atoms with van der Waals surface area (Å²) in [6, 6.07) is 16.7. The Bertz CT molecular complexity index is 1480. The number of sulfonamides is 1. The maximum atomic E-state index is 13.4. The number of amides is 2. The number of carbonyl (C=O) groups excluding carboxylic acids is 2. The first kappa shape index (κ1) is 24.8. The van der Waals surface area contributed by atoms with Crippen LogP contribution in [0.4, 0.5) is 18.9 Å². The van der Waals surface area contributed by atoms with Crippen molar-refractivity contribution in [3.8, 4) is 0 Å². The molecule has 0 aromatic heterocycles. The Morgan fingerprint density at radius 1 is 0.892 bits per heavy atom. The van der Waals surface area contributed by atoms with Gasteiger partial charge in [0.1, 0.15) is 0 Å². The summed E-state index contributed by atoms with van der Waals surface area (Å²) in [6.45, 7) is 0. The Hall–Kier alpha value is -3.86. The Morgan fingerprint density at radius 2 is 1.51 bits per heavy atom. The summed E-state index contributed by atoms with van der Waals surface area (Å²) >= 11 is 0. The van der Waals surface area contributed by atoms with Crippen LogP contribution in [0.5, 0.6) is 0 Å². The highest BCUT2D eigenvalue weighted by Gasteiger charge is 2.69. The minimum atomic E-state index is -4.76. The fraction of sp³-hybridized carbons (Fsp3) is 0.231. The fourth-order valence-corrected chi connectivity index (χ4v) is 6.40. The van der Waals surface area contributed by atoms with E-state index in [1.807, 2.05) is 30.3 Å². The van der Waals surface area contributed by atoms with Crippen molar-refractivity contribution in [3.63, 3.8) is 0 Å². The van der Waals surface area contributed by atoms with Crippen LogP contribution in [0.3, 0.4) is 0 Å². The van der Waals surface area contributed by atoms with E-state index in [1.54, 1.807) is 0 Å². The van der Waals surface area contributed by atoms with Gasteiger partial charge in [-0.25, -0.2) is 8.42 Å². The van der Waals surface area contributed by atoms with Crippen LogP contribution in [0.15, 0.2) is 77.7 Å². The van der Waals surface area contributed by atoms with E-state index in [4.69, 9.17) is 5.73 Å². The van der Waals surface area contributed by atoms with Crippen molar-refractivity contribution in [2.45, 2.75) is 41.3 Å². The third-order valence-corrected chi connectivity index (χ3v) is 8.46. The quantitative estimate of drug-likeness (QED) is 0.425. The van der Waals surface area contributed by atoms with Gasteiger partial charge in [-0.1, -0.05) is 30.3 Å². The molecule has 3 aliphatic carbocycles. The smallest absolute Gasteiger partial charge is 0.366 e. The maximum Gasteiger partial charge on any atom is 0.416 e. The molecule has 2 amide bonds. The fourth-order valence-electron chi connectivity index (χ4n) is 5.33. The molecule has 0 radical (unpaired) electrons. The Morgan fingerprint density at radius 3 is 2.08 bits per heavy atom. The lowest BCUT2D eigenvalue weighted by Gasteiger charge is -2.71. The molecular formula is C26H22F3N3O4S. The highest BCUT2D eigenvalue weighted by molar-refractivity contribution is 7.92. The summed E-state index contributed by atoms with van der Waals surface area (Å²) in [5, 5.41) is 2.91. The summed E-state index contributed by atoms with van der Waals surface area (Å²) in [6.07, 6.45) is -2.66. The number of benzene rings is 3. The summed E-state index contributed by atoms with van der Waals surface area (Å²) in [4.78, 5) is 24.1. The summed E-state index contributed by atoms with van der Waals surface area (Å²) < 4.78 is 68.2. The predicted molar refractivity (Wildman–Crippen MR) is 129 cm³/mol. The number of nitrogens with one attached hydrogen (secondary N) is 2. The highest BCUT2D eigenvalue weighted by atomic mass is 32.2. The molecule has 3 saturated carbocycles. The van der Waals surface area contributed by atoms with Crippen LogP contribution in [0.1, 0.15) is 51.1 Å². The lowest BCUT2D eigenvalue weighted by atomic mass is 9.37. The van der Waals surface area contributed by atoms with Crippen LogP contribution in [0.25, 0.3) is 0 Å². The zero-order valence-corrected chi connectivity index (χ0v) is 20.1. The summed E-state index contributed by atoms with van der Waals surface area (Å²) in [5.74, 6) is -1.44. The zero-order valence-electron chi connectivity index (χ0n) is 19.3. The van der Waals surface area contributed by atoms with Gasteiger partial charge in [0.05, 0.1) is 21.7 Å². The monoisotopic (exact) mass is 529 g/mol. The first-order valence-corrected chi connectivity index (χ1v) is 12.8. The maximum absolute atomic E-state index is 13.4. The van der Waals surface area contributed by atoms with Crippen LogP contribution < -0.4 is 15.8 Å². The molecule has 0 saturated heterocycles. The van der Waals surface area contributed by atoms with Gasteiger partial charge < -0.3 is 11.1 Å². The molecule has 0 atom stereocenters. The molecule has 192 valence electrons. The third kappa shape index (κ3) is 4.43. The molecule has 0 heterocycles. The number of primary amides is 1. The molecule has 0 aliphatic heterocycles. The standard InChI is InChI=1S/C26H22F3N3O4S/c27-26(28,29)18-8-11-20(21(12-18)32-37(35,36)19-9-6-16(7-10-19)22(30)33)23(34)31-25-13-24(14-25,15-25)17-4-2-1-3-5-17/h1-12,32H,13-15H2,(H2,30,33)(H,31,34). The third-order valence-electron chi connectivity index (χ3n) is 7.08. The molecule has 4 N–H and O–H groups in total. The van der Waals surface area contributed by atoms with Gasteiger partial charge in [-0.05, 0) is 67.3 Å². The number of alkyl halides is 3. The lowest BCUT2D eigenvalue weighted by Crippen LogP contribution is -2.76. The first-order chi connectivity index (χ1) is 17.3. The molecule has 7 nitrogen and oxygen atoms in total. The Balaban J connectivity index is 1.40. The highest BCUT2D eigenvalue weighted by Crippen LogP contribution is 2.67. The number of carbonyl (C=O) groups is 2. The van der Waals surface area contributed by atoms with Gasteiger partial charge >= 0.3 is 6.18 Å². The van der Waals surface area contributed by atoms with Crippen molar-refractivity contribution in [2.24, 2.45) is 5.73 Å². The molecule has 11 heteroatoms. The molecule has 3 aromatic rings. The number of halogens is 3. The number of anilines is 1. The largest absolute Gasteiger partial charge is 0.416 e. The van der Waals surface area contributed by atoms with Crippen LogP contribution in [0.2, 0.25) is 0 Å². The second kappa shape index (κ2) is 8.34. The van der Waals surface area contributed by atoms with Gasteiger partial charge in [-0.3, -0.25) is 14.3 Å². The minimum absolute atomic E-state index is 0.0177. The molecular weight excluding hydrogens is 507 g/mol. The Labute approximate surface area is 210 Å². The van der Waals surface area contributed by atoms with Crippen LogP contribution in [-0.2, 0) is 21.6 Å². The molecule has 3 aromatic carbocycles. The average molecular weight is 530 g/mol. The molecule has 2 bridgehead atoms. The van der Waals surface area contributed by atoms with Crippen molar-refractivity contribution in [3.05, 3.63) is 95.1 Å². The van der Waals surface area contributed by atoms with Crippen molar-refractivity contribution in [2.75, 3.05) is 4.72 Å². The second-order valence-electron chi connectivity index (χ2n) is 9.66. The van der Waals surface area contributed by atoms with Gasteiger partial charge in [-0.15, -0.1) is 0 Å². The van der Waals surface area contributed by atoms with Gasteiger partial charge in [0, 0.05) is 16.5 Å². The van der Waals surface area contributed by atoms with Gasteiger partial charge in [-0.2, -0.15) is 13.2 Å². The lowest BCUT2D eigenvalue weighted by molar-refractivity contribution is -0.137. The molecule has 37 heavy (non-hydrogen) atoms. The molecule has 0 spiro atoms. The SMILES string of the molecule is NC(=O)c1ccc(S(=O)(=O)Nc2cc(C(F)(F)F)ccc2C(=O)NC23CC(c4ccccc4)(C2)C3)cc1. The van der Waals surface area contributed by atoms with Crippen LogP contribution in [0, 0.1) is 0 Å². The van der Waals surface area contributed by atoms with E-state index in [2.05, 4.69) is 10.0 Å². The van der Waals surface area contributed by atoms with Crippen molar-refractivity contribution < 1.29 is 31.2 Å². The van der Waals surface area contributed by atoms with Gasteiger partial charge in [0.25, 0.3) is 15.9 Å². The van der Waals surface area contributed by atoms with E-state index < -0.39 is 44.8 Å². The van der Waals surface area contributed by atoms with Crippen LogP contribution >= 0.6 is 0 Å². The van der Waals surface area contributed by atoms with E-state index in [0.29, 0.717) is 25.3 Å². The minimum Gasteiger partial charge on any atom is -0.366 e. The zero-order chi connectivity index (χ0) is 26.6. The van der Waals surface area contributed by atoms with E-state index in [1.165, 1.54) is 17.7 Å². The first-order valence-electron chi connectivity index (χ1n) is 11.3. The Kier molecular flexibility index (Phi) is 5.59. The van der Waals surface area contributed by atoms with E-state index in [0.717, 1.165) is 24.3 Å². The van der Waals surface area contributed by atoms with E-state index in [-0.39, 0.29) is 21.4 Å². The summed E-state index contributed by atoms with van der Waals surface area (Å²) in [5.41, 5.74) is 4.06. The van der Waals surface area contributed by atoms with Crippen molar-refractivity contribution >= 4 is 27.5 Å². The summed E-state index contributed by atoms with van der Waals surface area (Å²) in [7, 11) is -4.39. The molecule has 3 aliphatic rings. The second-order valence-corrected chi connectivity index (χ2v) is 11.3. The van der Waals surface area contributed by atoms with Gasteiger partial charge in [0.15, 0.2) is 0 Å². The number of rotatable bonds is 7. The molecule has 6 rings (SSSR count). The van der Waals surface area contributed by atoms with E-state index >= 15 is 0 Å². The molecule has 3 fully saturated rings. The topological polar surface area (TPSA) is 118 Å². The molecule has 0 unspecified atom stereocenters. The van der Waals surface area contributed by atoms with Crippen molar-refractivity contribution in [1.29, 1.82) is 0 Å². The number of hydrogen-bond donors (Lipinski definition) is 3. The number of hydrogen-bond acceptors (Lipinski definition) is 4. The van der Waals surface area contributed by atoms with E-state index in [9.17, 15) is 31.2 Å². The number of nitrogens with two attached hydrogens (primary N) is 1.